The molecule has 0 unspecified atom stereocenters. The van der Waals surface area contributed by atoms with E-state index < -0.39 is 0 Å². The van der Waals surface area contributed by atoms with Crippen molar-refractivity contribution < 1.29 is 0 Å². The summed E-state index contributed by atoms with van der Waals surface area (Å²) in [4.78, 5) is 2.59. The molecule has 9 aromatic rings. The van der Waals surface area contributed by atoms with Gasteiger partial charge in [-0.25, -0.2) is 0 Å². The highest BCUT2D eigenvalue weighted by atomic mass is 15.1. The number of benzene rings is 9. The van der Waals surface area contributed by atoms with Crippen molar-refractivity contribution in [3.63, 3.8) is 0 Å². The fourth-order valence-corrected chi connectivity index (χ4v) is 14.9. The molecule has 0 N–H and O–H groups in total. The van der Waals surface area contributed by atoms with Gasteiger partial charge in [-0.3, -0.25) is 0 Å². The molecule has 0 amide bonds. The Morgan fingerprint density at radius 2 is 0.909 bits per heavy atom. The van der Waals surface area contributed by atoms with Crippen LogP contribution in [0.5, 0.6) is 0 Å². The van der Waals surface area contributed by atoms with Crippen LogP contribution in [0.25, 0.3) is 66.4 Å². The summed E-state index contributed by atoms with van der Waals surface area (Å²) in [6.45, 7) is 4.79. The summed E-state index contributed by atoms with van der Waals surface area (Å²) < 4.78 is 0. The first-order valence-electron chi connectivity index (χ1n) is 24.5. The Morgan fingerprint density at radius 1 is 0.379 bits per heavy atom. The maximum atomic E-state index is 2.66. The van der Waals surface area contributed by atoms with Gasteiger partial charge in [0.25, 0.3) is 0 Å². The predicted molar refractivity (Wildman–Crippen MR) is 276 cm³/mol. The van der Waals surface area contributed by atoms with Crippen LogP contribution < -0.4 is 4.90 Å². The number of hydrogen-bond acceptors (Lipinski definition) is 1. The van der Waals surface area contributed by atoms with E-state index in [2.05, 4.69) is 219 Å². The second-order valence-corrected chi connectivity index (χ2v) is 20.8. The minimum Gasteiger partial charge on any atom is -0.310 e. The van der Waals surface area contributed by atoms with E-state index in [9.17, 15) is 0 Å². The summed E-state index contributed by atoms with van der Waals surface area (Å²) in [6, 6.07) is 76.2. The van der Waals surface area contributed by atoms with Crippen molar-refractivity contribution in [3.05, 3.63) is 222 Å². The molecule has 4 bridgehead atoms. The van der Waals surface area contributed by atoms with E-state index >= 15 is 0 Å². The van der Waals surface area contributed by atoms with Crippen molar-refractivity contribution in [1.29, 1.82) is 0 Å². The van der Waals surface area contributed by atoms with Crippen molar-refractivity contribution in [1.82, 2.24) is 0 Å². The molecule has 318 valence electrons. The van der Waals surface area contributed by atoms with Crippen LogP contribution in [-0.2, 0) is 10.8 Å². The van der Waals surface area contributed by atoms with Gasteiger partial charge in [-0.05, 0) is 169 Å². The standard InChI is InChI=1S/C65H53N/c1-64(2)58-26-9-6-20-53(58)57-25-14-23-51(63(57)64)44-29-31-48(32-30-44)66(61-28-11-8-21-55(61)56-24-13-18-45-17-12-22-50(62(45)56)43-15-4-3-5-16-43)49-33-34-54-52-19-7-10-27-59(52)65(60(54)40-49)46-36-41-35-42(38-46)39-47(65)37-41/h3-34,40-42,46-47H,35-39H2,1-2H3. The maximum Gasteiger partial charge on any atom is 0.0540 e. The number of para-hydroxylation sites is 1. The average molecular weight is 848 g/mol. The molecule has 1 nitrogen and oxygen atoms in total. The van der Waals surface area contributed by atoms with E-state index in [1.807, 2.05) is 0 Å². The van der Waals surface area contributed by atoms with Crippen LogP contribution in [0.3, 0.4) is 0 Å². The molecule has 66 heavy (non-hydrogen) atoms. The van der Waals surface area contributed by atoms with Crippen molar-refractivity contribution in [2.45, 2.75) is 56.8 Å². The Bertz CT molecular complexity index is 3370. The first-order chi connectivity index (χ1) is 32.5. The van der Waals surface area contributed by atoms with E-state index in [4.69, 9.17) is 0 Å². The predicted octanol–water partition coefficient (Wildman–Crippen LogP) is 17.3. The largest absolute Gasteiger partial charge is 0.310 e. The lowest BCUT2D eigenvalue weighted by Crippen LogP contribution is -2.55. The molecule has 6 aliphatic rings. The van der Waals surface area contributed by atoms with Gasteiger partial charge in [0.05, 0.1) is 5.69 Å². The zero-order valence-corrected chi connectivity index (χ0v) is 37.8. The SMILES string of the molecule is CC1(C)c2ccccc2-c2cccc(-c3ccc(N(c4ccc5c(c4)C4(c6ccccc6-5)C5CC6CC(C5)CC4C6)c4ccccc4-c4cccc5cccc(-c6ccccc6)c45)cc3)c21. The van der Waals surface area contributed by atoms with Gasteiger partial charge in [0.2, 0.25) is 0 Å². The van der Waals surface area contributed by atoms with E-state index in [1.165, 1.54) is 127 Å². The lowest BCUT2D eigenvalue weighted by molar-refractivity contribution is -0.0399. The van der Waals surface area contributed by atoms with E-state index in [-0.39, 0.29) is 10.8 Å². The average Bonchev–Trinajstić information content (AvgIpc) is 3.78. The molecule has 0 heterocycles. The van der Waals surface area contributed by atoms with Crippen LogP contribution in [0.4, 0.5) is 17.1 Å². The minimum absolute atomic E-state index is 0.0721. The van der Waals surface area contributed by atoms with Crippen molar-refractivity contribution in [3.8, 4) is 55.6 Å². The molecule has 6 aliphatic carbocycles. The molecule has 0 radical (unpaired) electrons. The smallest absolute Gasteiger partial charge is 0.0540 e. The van der Waals surface area contributed by atoms with Gasteiger partial charge >= 0.3 is 0 Å². The van der Waals surface area contributed by atoms with E-state index in [0.717, 1.165) is 11.8 Å². The first kappa shape index (κ1) is 38.3. The summed E-state index contributed by atoms with van der Waals surface area (Å²) in [7, 11) is 0. The van der Waals surface area contributed by atoms with Gasteiger partial charge in [-0.15, -0.1) is 0 Å². The Kier molecular flexibility index (Phi) is 8.29. The third-order valence-electron chi connectivity index (χ3n) is 17.2. The zero-order valence-electron chi connectivity index (χ0n) is 37.8. The Morgan fingerprint density at radius 3 is 1.65 bits per heavy atom. The van der Waals surface area contributed by atoms with Crippen LogP contribution in [0.2, 0.25) is 0 Å². The molecule has 1 spiro atoms. The van der Waals surface area contributed by atoms with Crippen LogP contribution in [0, 0.1) is 23.7 Å². The van der Waals surface area contributed by atoms with Crippen molar-refractivity contribution in [2.24, 2.45) is 23.7 Å². The van der Waals surface area contributed by atoms with E-state index in [1.54, 1.807) is 11.1 Å². The van der Waals surface area contributed by atoms with Gasteiger partial charge < -0.3 is 4.90 Å². The summed E-state index contributed by atoms with van der Waals surface area (Å²) in [6.07, 6.45) is 6.93. The Labute approximate surface area is 389 Å². The fraction of sp³-hybridized carbons (Fsp3) is 0.200. The highest BCUT2D eigenvalue weighted by Crippen LogP contribution is 2.70. The Balaban J connectivity index is 0.978. The molecule has 0 saturated heterocycles. The highest BCUT2D eigenvalue weighted by molar-refractivity contribution is 6.09. The van der Waals surface area contributed by atoms with Gasteiger partial charge in [0, 0.05) is 27.8 Å². The number of anilines is 3. The summed E-state index contributed by atoms with van der Waals surface area (Å²) in [5, 5.41) is 2.53. The monoisotopic (exact) mass is 847 g/mol. The van der Waals surface area contributed by atoms with E-state index in [0.29, 0.717) is 11.8 Å². The number of fused-ring (bicyclic) bond motifs is 7. The molecule has 0 aliphatic heterocycles. The number of nitrogens with zero attached hydrogens (tertiary/aromatic N) is 1. The maximum absolute atomic E-state index is 2.66. The molecule has 4 saturated carbocycles. The normalized spacial score (nSPS) is 22.3. The second kappa shape index (κ2) is 14.3. The highest BCUT2D eigenvalue weighted by Gasteiger charge is 2.61. The molecule has 9 aromatic carbocycles. The van der Waals surface area contributed by atoms with Crippen molar-refractivity contribution in [2.75, 3.05) is 4.90 Å². The molecule has 4 fully saturated rings. The quantitative estimate of drug-likeness (QED) is 0.161. The Hall–Kier alpha value is -6.96. The molecule has 0 atom stereocenters. The van der Waals surface area contributed by atoms with Gasteiger partial charge in [-0.2, -0.15) is 0 Å². The lowest BCUT2D eigenvalue weighted by Gasteiger charge is -2.61. The molecule has 0 aromatic heterocycles. The fourth-order valence-electron chi connectivity index (χ4n) is 14.9. The summed E-state index contributed by atoms with van der Waals surface area (Å²) in [5.41, 5.74) is 22.7. The van der Waals surface area contributed by atoms with Crippen LogP contribution >= 0.6 is 0 Å². The molecule has 1 heteroatoms. The molecular formula is C65H53N. The first-order valence-corrected chi connectivity index (χ1v) is 24.5. The third kappa shape index (κ3) is 5.35. The second-order valence-electron chi connectivity index (χ2n) is 20.8. The topological polar surface area (TPSA) is 3.24 Å². The van der Waals surface area contributed by atoms with Gasteiger partial charge in [0.1, 0.15) is 0 Å². The van der Waals surface area contributed by atoms with Crippen LogP contribution in [0.15, 0.2) is 200 Å². The zero-order chi connectivity index (χ0) is 43.7. The minimum atomic E-state index is -0.0981. The molecule has 15 rings (SSSR count). The summed E-state index contributed by atoms with van der Waals surface area (Å²) in [5.74, 6) is 3.18. The molecular weight excluding hydrogens is 795 g/mol. The lowest BCUT2D eigenvalue weighted by atomic mass is 9.43. The van der Waals surface area contributed by atoms with Crippen LogP contribution in [0.1, 0.15) is 68.2 Å². The summed E-state index contributed by atoms with van der Waals surface area (Å²) >= 11 is 0. The third-order valence-corrected chi connectivity index (χ3v) is 17.2. The van der Waals surface area contributed by atoms with Crippen LogP contribution in [-0.4, -0.2) is 0 Å². The van der Waals surface area contributed by atoms with Crippen molar-refractivity contribution >= 4 is 27.8 Å². The number of rotatable bonds is 6. The number of hydrogen-bond donors (Lipinski definition) is 0. The van der Waals surface area contributed by atoms with Gasteiger partial charge in [-0.1, -0.05) is 184 Å². The van der Waals surface area contributed by atoms with Gasteiger partial charge in [0.15, 0.2) is 0 Å².